The van der Waals surface area contributed by atoms with E-state index < -0.39 is 82.3 Å². The van der Waals surface area contributed by atoms with Crippen LogP contribution in [0.15, 0.2) is 48.5 Å². The minimum atomic E-state index is -2.63. The highest BCUT2D eigenvalue weighted by Crippen LogP contribution is 2.46. The van der Waals surface area contributed by atoms with Crippen molar-refractivity contribution in [1.82, 2.24) is 10.6 Å². The highest BCUT2D eigenvalue weighted by molar-refractivity contribution is 6.87. The van der Waals surface area contributed by atoms with Crippen LogP contribution in [0.3, 0.4) is 0 Å². The first-order valence-electron chi connectivity index (χ1n) is 17.1. The summed E-state index contributed by atoms with van der Waals surface area (Å²) in [5.74, 6) is -1.49. The summed E-state index contributed by atoms with van der Waals surface area (Å²) in [7, 11) is -5.25. The predicted molar refractivity (Wildman–Crippen MR) is 217 cm³/mol. The van der Waals surface area contributed by atoms with Crippen LogP contribution in [0.2, 0.25) is 36.3 Å². The molecule has 0 aliphatic heterocycles. The van der Waals surface area contributed by atoms with E-state index in [0.29, 0.717) is 11.1 Å². The molecule has 2 aromatic carbocycles. The van der Waals surface area contributed by atoms with Gasteiger partial charge in [0.2, 0.25) is 0 Å². The molecule has 308 valence electrons. The van der Waals surface area contributed by atoms with Crippen molar-refractivity contribution in [3.05, 3.63) is 79.9 Å². The number of ether oxygens (including phenoxy) is 2. The van der Waals surface area contributed by atoms with Crippen molar-refractivity contribution in [1.29, 1.82) is 0 Å². The van der Waals surface area contributed by atoms with Crippen LogP contribution in [0.25, 0.3) is 0 Å². The largest absolute Gasteiger partial charge is 0.455 e. The Labute approximate surface area is 342 Å². The third-order valence-corrected chi connectivity index (χ3v) is 21.7. The second-order valence-corrected chi connectivity index (χ2v) is 27.1. The van der Waals surface area contributed by atoms with Crippen LogP contribution in [0.1, 0.15) is 51.0 Å². The van der Waals surface area contributed by atoms with Crippen LogP contribution >= 0.6 is 46.4 Å². The van der Waals surface area contributed by atoms with Crippen molar-refractivity contribution in [2.24, 2.45) is 0 Å². The second-order valence-electron chi connectivity index (χ2n) is 15.3. The molecular formula is C34H50Cl4N4O11Si2. The van der Waals surface area contributed by atoms with Gasteiger partial charge in [-0.2, -0.15) is 0 Å². The Balaban J connectivity index is 2.14. The number of non-ortho nitro benzene ring substituents is 2. The predicted octanol–water partition coefficient (Wildman–Crippen LogP) is 6.87. The first-order chi connectivity index (χ1) is 25.2. The number of nitro groups is 2. The van der Waals surface area contributed by atoms with Crippen molar-refractivity contribution >= 4 is 86.2 Å². The lowest BCUT2D eigenvalue weighted by Gasteiger charge is -2.49. The van der Waals surface area contributed by atoms with Gasteiger partial charge in [-0.15, -0.1) is 0 Å². The number of benzene rings is 2. The lowest BCUT2D eigenvalue weighted by atomic mass is 10.0. The molecule has 0 aliphatic carbocycles. The van der Waals surface area contributed by atoms with Crippen LogP contribution in [0, 0.1) is 20.2 Å². The average Bonchev–Trinajstić information content (AvgIpc) is 3.09. The van der Waals surface area contributed by atoms with Crippen molar-refractivity contribution in [2.45, 2.75) is 97.9 Å². The minimum Gasteiger partial charge on any atom is -0.455 e. The van der Waals surface area contributed by atoms with Crippen molar-refractivity contribution in [3.63, 3.8) is 0 Å². The lowest BCUT2D eigenvalue weighted by Crippen LogP contribution is -2.57. The van der Waals surface area contributed by atoms with Crippen LogP contribution in [-0.2, 0) is 23.2 Å². The molecule has 15 nitrogen and oxygen atoms in total. The number of halogens is 4. The smallest absolute Gasteiger partial charge is 0.269 e. The van der Waals surface area contributed by atoms with E-state index in [-0.39, 0.29) is 37.8 Å². The van der Waals surface area contributed by atoms with Gasteiger partial charge in [0.05, 0.1) is 48.4 Å². The number of amides is 2. The molecular weight excluding hydrogens is 838 g/mol. The maximum atomic E-state index is 12.4. The van der Waals surface area contributed by atoms with Crippen molar-refractivity contribution < 1.29 is 43.2 Å². The number of aliphatic hydroxyl groups is 2. The quantitative estimate of drug-likeness (QED) is 0.0415. The fourth-order valence-electron chi connectivity index (χ4n) is 5.11. The molecule has 0 fully saturated rings. The van der Waals surface area contributed by atoms with Gasteiger partial charge in [0.1, 0.15) is 12.2 Å². The van der Waals surface area contributed by atoms with Crippen LogP contribution in [0.5, 0.6) is 0 Å². The molecule has 55 heavy (non-hydrogen) atoms. The molecule has 0 bridgehead atoms. The summed E-state index contributed by atoms with van der Waals surface area (Å²) >= 11 is 23.0. The summed E-state index contributed by atoms with van der Waals surface area (Å²) in [6, 6.07) is 8.54. The van der Waals surface area contributed by atoms with Crippen LogP contribution < -0.4 is 10.6 Å². The van der Waals surface area contributed by atoms with Gasteiger partial charge >= 0.3 is 0 Å². The summed E-state index contributed by atoms with van der Waals surface area (Å²) in [5, 5.41) is 48.6. The number of nitrogens with one attached hydrogen (secondary N) is 2. The highest BCUT2D eigenvalue weighted by Gasteiger charge is 2.50. The molecule has 4 N–H and O–H groups in total. The van der Waals surface area contributed by atoms with Crippen LogP contribution in [-0.4, -0.2) is 96.7 Å². The molecule has 0 saturated carbocycles. The Kier molecular flexibility index (Phi) is 18.0. The average molecular weight is 889 g/mol. The number of carbonyl (C=O) groups is 2. The van der Waals surface area contributed by atoms with Gasteiger partial charge in [-0.3, -0.25) is 29.8 Å². The van der Waals surface area contributed by atoms with E-state index >= 15 is 0 Å². The number of rotatable bonds is 22. The number of hydrogen-bond acceptors (Lipinski definition) is 11. The van der Waals surface area contributed by atoms with Gasteiger partial charge in [-0.25, -0.2) is 0 Å². The van der Waals surface area contributed by atoms with Gasteiger partial charge in [-0.1, -0.05) is 74.1 Å². The van der Waals surface area contributed by atoms with Gasteiger partial charge in [0.15, 0.2) is 26.3 Å². The fraction of sp³-hybridized carbons (Fsp3) is 0.588. The normalized spacial score (nSPS) is 15.0. The zero-order chi connectivity index (χ0) is 42.1. The molecule has 2 amide bonds. The van der Waals surface area contributed by atoms with Gasteiger partial charge in [0.25, 0.3) is 23.2 Å². The number of nitro benzene ring substituents is 2. The monoisotopic (exact) mass is 886 g/mol. The topological polar surface area (TPSA) is 213 Å². The Morgan fingerprint density at radius 3 is 1.22 bits per heavy atom. The molecule has 0 heterocycles. The van der Waals surface area contributed by atoms with E-state index in [0.717, 1.165) is 0 Å². The number of nitrogens with zero attached hydrogens (tertiary/aromatic N) is 2. The third kappa shape index (κ3) is 13.9. The minimum absolute atomic E-state index is 0.143. The van der Waals surface area contributed by atoms with E-state index in [1.807, 2.05) is 27.7 Å². The summed E-state index contributed by atoms with van der Waals surface area (Å²) in [5.41, 5.74) is 0.305. The third-order valence-electron chi connectivity index (χ3n) is 10.00. The van der Waals surface area contributed by atoms with E-state index in [1.165, 1.54) is 48.5 Å². The molecule has 0 saturated heterocycles. The summed E-state index contributed by atoms with van der Waals surface area (Å²) < 4.78 is 19.3. The summed E-state index contributed by atoms with van der Waals surface area (Å²) in [6.45, 7) is 16.4. The Morgan fingerprint density at radius 2 is 0.964 bits per heavy atom. The van der Waals surface area contributed by atoms with E-state index in [2.05, 4.69) is 36.8 Å². The second kappa shape index (κ2) is 20.3. The molecule has 0 aromatic heterocycles. The number of aliphatic hydroxyl groups excluding tert-OH is 2. The Hall–Kier alpha value is -2.43. The Bertz CT molecular complexity index is 1500. The first kappa shape index (κ1) is 48.7. The summed E-state index contributed by atoms with van der Waals surface area (Å²) in [6.07, 6.45) is -2.61. The molecule has 0 spiro atoms. The summed E-state index contributed by atoms with van der Waals surface area (Å²) in [4.78, 5) is 43.1. The zero-order valence-corrected chi connectivity index (χ0v) is 36.9. The standard InChI is InChI=1S/C34H50Cl4N4O11Si2/c1-33(2,19-51-17-25(39-31(45)29(35)36)27(43)21-9-13-23(14-10-21)41(47)48)54(5,6)53-55(7,8)34(3,4)20-52-18-26(40-32(46)30(37)38)28(44)22-11-15-24(16-12-22)42(49)50/h9-16,25-30,43-44H,17-20H2,1-8H3,(H,39,45)(H,40,46)/t25-,26-,27-,28-/m1/s1. The molecule has 2 aromatic rings. The molecule has 2 rings (SSSR count). The fourth-order valence-corrected chi connectivity index (χ4v) is 13.6. The maximum absolute atomic E-state index is 12.4. The van der Waals surface area contributed by atoms with E-state index in [1.54, 1.807) is 0 Å². The number of alkyl halides is 4. The maximum Gasteiger partial charge on any atom is 0.269 e. The number of hydrogen-bond donors (Lipinski definition) is 4. The van der Waals surface area contributed by atoms with Crippen molar-refractivity contribution in [2.75, 3.05) is 26.4 Å². The SMILES string of the molecule is CC(C)(COC[C@@H](NC(=O)C(Cl)Cl)[C@H](O)c1ccc([N+](=O)[O-])cc1)[Si](C)(C)O[Si](C)(C)C(C)(C)COC[C@@H](NC(=O)C(Cl)Cl)[C@H](O)c1ccc([N+](=O)[O-])cc1. The molecule has 0 unspecified atom stereocenters. The van der Waals surface area contributed by atoms with Crippen molar-refractivity contribution in [3.8, 4) is 0 Å². The van der Waals surface area contributed by atoms with E-state index in [9.17, 15) is 40.0 Å². The number of carbonyl (C=O) groups excluding carboxylic acids is 2. The van der Waals surface area contributed by atoms with Crippen LogP contribution in [0.4, 0.5) is 11.4 Å². The first-order valence-corrected chi connectivity index (χ1v) is 24.7. The molecule has 4 atom stereocenters. The molecule has 21 heteroatoms. The Morgan fingerprint density at radius 1 is 0.673 bits per heavy atom. The zero-order valence-electron chi connectivity index (χ0n) is 31.9. The van der Waals surface area contributed by atoms with Gasteiger partial charge in [-0.05, 0) is 61.6 Å². The highest BCUT2D eigenvalue weighted by atomic mass is 35.5. The van der Waals surface area contributed by atoms with Gasteiger partial charge in [0, 0.05) is 34.3 Å². The van der Waals surface area contributed by atoms with E-state index in [4.69, 9.17) is 60.0 Å². The molecule has 0 aliphatic rings. The lowest BCUT2D eigenvalue weighted by molar-refractivity contribution is -0.385. The van der Waals surface area contributed by atoms with Gasteiger partial charge < -0.3 is 34.4 Å². The molecule has 0 radical (unpaired) electrons.